The molecule has 0 N–H and O–H groups in total. The lowest BCUT2D eigenvalue weighted by molar-refractivity contribution is -0.140. The fourth-order valence-electron chi connectivity index (χ4n) is 2.59. The third-order valence-corrected chi connectivity index (χ3v) is 13.3. The highest BCUT2D eigenvalue weighted by atomic mass is 28.5. The van der Waals surface area contributed by atoms with Crippen LogP contribution in [-0.2, 0) is 36.1 Å². The number of carbonyl (C=O) groups is 2. The first-order chi connectivity index (χ1) is 14.1. The summed E-state index contributed by atoms with van der Waals surface area (Å²) in [5.74, 6) is -0.785. The maximum atomic E-state index is 11.4. The molecular weight excluding hydrogens is 452 g/mol. The van der Waals surface area contributed by atoms with Crippen LogP contribution in [0.25, 0.3) is 0 Å². The number of rotatable bonds is 16. The standard InChI is InChI=1S/C20H40O8Si3/c1-17(2)19(21)23-13-11-15-25-29(5,6)27-31(9,10)28-30(7,8)26-16-12-14-24-20(22)18(3)4/h1,3,11-16H2,2,4-10H3. The van der Waals surface area contributed by atoms with E-state index in [1.54, 1.807) is 13.8 Å². The predicted octanol–water partition coefficient (Wildman–Crippen LogP) is 4.18. The lowest BCUT2D eigenvalue weighted by Crippen LogP contribution is -2.54. The van der Waals surface area contributed by atoms with E-state index < -0.39 is 37.6 Å². The maximum absolute atomic E-state index is 11.4. The van der Waals surface area contributed by atoms with Gasteiger partial charge < -0.3 is 26.6 Å². The smallest absolute Gasteiger partial charge is 0.333 e. The third kappa shape index (κ3) is 15.4. The highest BCUT2D eigenvalue weighted by molar-refractivity contribution is 6.84. The van der Waals surface area contributed by atoms with Crippen LogP contribution >= 0.6 is 0 Å². The van der Waals surface area contributed by atoms with Gasteiger partial charge in [-0.25, -0.2) is 9.59 Å². The summed E-state index contributed by atoms with van der Waals surface area (Å²) in [6.07, 6.45) is 1.17. The second-order valence-corrected chi connectivity index (χ2v) is 19.2. The molecule has 0 saturated carbocycles. The molecule has 8 nitrogen and oxygen atoms in total. The van der Waals surface area contributed by atoms with E-state index in [1.165, 1.54) is 0 Å². The van der Waals surface area contributed by atoms with Gasteiger partial charge >= 0.3 is 37.6 Å². The summed E-state index contributed by atoms with van der Waals surface area (Å²) in [4.78, 5) is 22.7. The molecule has 0 aromatic heterocycles. The molecule has 0 unspecified atom stereocenters. The summed E-state index contributed by atoms with van der Waals surface area (Å²) in [5.41, 5.74) is 0.761. The Morgan fingerprint density at radius 1 is 0.613 bits per heavy atom. The molecule has 0 aliphatic heterocycles. The number of hydrogen-bond donors (Lipinski definition) is 0. The normalized spacial score (nSPS) is 12.4. The Morgan fingerprint density at radius 3 is 1.23 bits per heavy atom. The fourth-order valence-corrected chi connectivity index (χ4v) is 14.3. The van der Waals surface area contributed by atoms with E-state index in [2.05, 4.69) is 13.2 Å². The molecule has 180 valence electrons. The van der Waals surface area contributed by atoms with Crippen molar-refractivity contribution < 1.29 is 36.1 Å². The Balaban J connectivity index is 4.32. The van der Waals surface area contributed by atoms with Gasteiger partial charge in [0.15, 0.2) is 0 Å². The number of carbonyl (C=O) groups excluding carboxylic acids is 2. The Hall–Kier alpha value is -1.09. The van der Waals surface area contributed by atoms with Crippen LogP contribution in [0.15, 0.2) is 24.3 Å². The van der Waals surface area contributed by atoms with Gasteiger partial charge in [-0.15, -0.1) is 0 Å². The van der Waals surface area contributed by atoms with E-state index in [0.717, 1.165) is 0 Å². The summed E-state index contributed by atoms with van der Waals surface area (Å²) in [7, 11) is -7.35. The van der Waals surface area contributed by atoms with Gasteiger partial charge in [0.1, 0.15) is 0 Å². The molecule has 11 heteroatoms. The first kappa shape index (κ1) is 29.9. The average molecular weight is 493 g/mol. The molecule has 0 aliphatic rings. The van der Waals surface area contributed by atoms with Crippen molar-refractivity contribution in [3.8, 4) is 0 Å². The quantitative estimate of drug-likeness (QED) is 0.137. The second-order valence-electron chi connectivity index (χ2n) is 8.64. The van der Waals surface area contributed by atoms with E-state index in [9.17, 15) is 9.59 Å². The second kappa shape index (κ2) is 13.5. The maximum Gasteiger partial charge on any atom is 0.333 e. The molecule has 0 bridgehead atoms. The zero-order valence-electron chi connectivity index (χ0n) is 20.4. The highest BCUT2D eigenvalue weighted by Gasteiger charge is 2.41. The van der Waals surface area contributed by atoms with Crippen LogP contribution in [0, 0.1) is 0 Å². The summed E-state index contributed by atoms with van der Waals surface area (Å²) < 4.78 is 34.6. The van der Waals surface area contributed by atoms with Gasteiger partial charge in [0.25, 0.3) is 0 Å². The summed E-state index contributed by atoms with van der Waals surface area (Å²) >= 11 is 0. The van der Waals surface area contributed by atoms with Gasteiger partial charge in [0.2, 0.25) is 0 Å². The van der Waals surface area contributed by atoms with Crippen molar-refractivity contribution in [3.05, 3.63) is 24.3 Å². The van der Waals surface area contributed by atoms with Crippen LogP contribution in [0.5, 0.6) is 0 Å². The van der Waals surface area contributed by atoms with Crippen molar-refractivity contribution in [1.82, 2.24) is 0 Å². The Labute approximate surface area is 190 Å². The Bertz CT molecular complexity index is 580. The van der Waals surface area contributed by atoms with E-state index in [4.69, 9.17) is 26.6 Å². The predicted molar refractivity (Wildman–Crippen MR) is 127 cm³/mol. The minimum Gasteiger partial charge on any atom is -0.462 e. The molecule has 0 atom stereocenters. The number of ether oxygens (including phenoxy) is 2. The first-order valence-electron chi connectivity index (χ1n) is 10.4. The topological polar surface area (TPSA) is 89.5 Å². The average Bonchev–Trinajstić information content (AvgIpc) is 2.58. The minimum absolute atomic E-state index is 0.281. The SMILES string of the molecule is C=C(C)C(=O)OCCCO[Si](C)(C)O[Si](C)(C)O[Si](C)(C)OCCCOC(=O)C(=C)C. The van der Waals surface area contributed by atoms with Crippen molar-refractivity contribution in [2.24, 2.45) is 0 Å². The van der Waals surface area contributed by atoms with Gasteiger partial charge in [-0.05, 0) is 53.1 Å². The highest BCUT2D eigenvalue weighted by Crippen LogP contribution is 2.22. The van der Waals surface area contributed by atoms with Crippen molar-refractivity contribution in [2.75, 3.05) is 26.4 Å². The van der Waals surface area contributed by atoms with Crippen LogP contribution in [0.3, 0.4) is 0 Å². The summed E-state index contributed by atoms with van der Waals surface area (Å²) in [6.45, 7) is 23.6. The zero-order chi connectivity index (χ0) is 24.3. The van der Waals surface area contributed by atoms with E-state index >= 15 is 0 Å². The lowest BCUT2D eigenvalue weighted by Gasteiger charge is -2.37. The van der Waals surface area contributed by atoms with Crippen molar-refractivity contribution >= 4 is 37.6 Å². The van der Waals surface area contributed by atoms with Crippen LogP contribution in [0.2, 0.25) is 39.3 Å². The van der Waals surface area contributed by atoms with Gasteiger partial charge in [-0.3, -0.25) is 0 Å². The van der Waals surface area contributed by atoms with Crippen LogP contribution in [0.1, 0.15) is 26.7 Å². The Morgan fingerprint density at radius 2 is 0.935 bits per heavy atom. The van der Waals surface area contributed by atoms with Gasteiger partial charge in [-0.1, -0.05) is 13.2 Å². The molecule has 0 heterocycles. The van der Waals surface area contributed by atoms with Gasteiger partial charge in [0.05, 0.1) is 13.2 Å². The van der Waals surface area contributed by atoms with Crippen LogP contribution < -0.4 is 0 Å². The monoisotopic (exact) mass is 492 g/mol. The fraction of sp³-hybridized carbons (Fsp3) is 0.700. The number of hydrogen-bond acceptors (Lipinski definition) is 8. The Kier molecular flexibility index (Phi) is 13.0. The van der Waals surface area contributed by atoms with Crippen molar-refractivity contribution in [3.63, 3.8) is 0 Å². The number of esters is 2. The molecule has 31 heavy (non-hydrogen) atoms. The van der Waals surface area contributed by atoms with E-state index in [-0.39, 0.29) is 13.2 Å². The minimum atomic E-state index is -2.50. The first-order valence-corrected chi connectivity index (χ1v) is 18.9. The molecule has 0 rings (SSSR count). The largest absolute Gasteiger partial charge is 0.462 e. The van der Waals surface area contributed by atoms with E-state index in [0.29, 0.717) is 37.2 Å². The summed E-state index contributed by atoms with van der Waals surface area (Å²) in [5, 5.41) is 0. The molecule has 0 aliphatic carbocycles. The van der Waals surface area contributed by atoms with Gasteiger partial charge in [-0.2, -0.15) is 0 Å². The summed E-state index contributed by atoms with van der Waals surface area (Å²) in [6, 6.07) is 0. The third-order valence-electron chi connectivity index (χ3n) is 3.62. The molecule has 0 aromatic carbocycles. The van der Waals surface area contributed by atoms with E-state index in [1.807, 2.05) is 39.3 Å². The molecule has 0 amide bonds. The van der Waals surface area contributed by atoms with Crippen molar-refractivity contribution in [1.29, 1.82) is 0 Å². The molecule has 0 saturated heterocycles. The van der Waals surface area contributed by atoms with Crippen molar-refractivity contribution in [2.45, 2.75) is 66.0 Å². The molecule has 0 fully saturated rings. The molecule has 0 spiro atoms. The van der Waals surface area contributed by atoms with Crippen LogP contribution in [-0.4, -0.2) is 64.0 Å². The van der Waals surface area contributed by atoms with Crippen LogP contribution in [0.4, 0.5) is 0 Å². The van der Waals surface area contributed by atoms with Gasteiger partial charge in [0, 0.05) is 37.2 Å². The lowest BCUT2D eigenvalue weighted by atomic mass is 10.4. The molecule has 0 radical (unpaired) electrons. The molecular formula is C20H40O8Si3. The zero-order valence-corrected chi connectivity index (χ0v) is 23.4. The molecule has 0 aromatic rings.